The zero-order valence-corrected chi connectivity index (χ0v) is 11.2. The van der Waals surface area contributed by atoms with Gasteiger partial charge in [0.05, 0.1) is 0 Å². The van der Waals surface area contributed by atoms with E-state index in [1.54, 1.807) is 0 Å². The van der Waals surface area contributed by atoms with Crippen LogP contribution in [0.2, 0.25) is 0 Å². The second kappa shape index (κ2) is 4.93. The summed E-state index contributed by atoms with van der Waals surface area (Å²) in [5.41, 5.74) is 2.69. The summed E-state index contributed by atoms with van der Waals surface area (Å²) >= 11 is 5.81. The van der Waals surface area contributed by atoms with Gasteiger partial charge in [0.1, 0.15) is 0 Å². The van der Waals surface area contributed by atoms with Gasteiger partial charge in [-0.1, -0.05) is 24.3 Å². The number of hydrogen-bond donors (Lipinski definition) is 0. The fraction of sp³-hybridized carbons (Fsp3) is 0.533. The van der Waals surface area contributed by atoms with Crippen LogP contribution in [0.25, 0.3) is 0 Å². The van der Waals surface area contributed by atoms with E-state index in [0.717, 1.165) is 25.7 Å². The number of amides is 1. The number of benzene rings is 1. The van der Waals surface area contributed by atoms with Crippen LogP contribution < -0.4 is 0 Å². The van der Waals surface area contributed by atoms with Crippen LogP contribution in [0.4, 0.5) is 0 Å². The maximum Gasteiger partial charge on any atom is 0.226 e. The van der Waals surface area contributed by atoms with Crippen molar-refractivity contribution in [2.45, 2.75) is 31.7 Å². The third-order valence-corrected chi connectivity index (χ3v) is 4.17. The largest absolute Gasteiger partial charge is 0.338 e. The van der Waals surface area contributed by atoms with Crippen LogP contribution in [0.5, 0.6) is 0 Å². The van der Waals surface area contributed by atoms with Gasteiger partial charge in [-0.25, -0.2) is 0 Å². The van der Waals surface area contributed by atoms with Crippen molar-refractivity contribution in [3.8, 4) is 0 Å². The van der Waals surface area contributed by atoms with Gasteiger partial charge >= 0.3 is 0 Å². The van der Waals surface area contributed by atoms with Crippen molar-refractivity contribution in [3.63, 3.8) is 0 Å². The van der Waals surface area contributed by atoms with E-state index >= 15 is 0 Å². The Balaban J connectivity index is 1.71. The van der Waals surface area contributed by atoms with Gasteiger partial charge in [0, 0.05) is 24.4 Å². The fourth-order valence-electron chi connectivity index (χ4n) is 2.92. The third kappa shape index (κ3) is 2.26. The second-order valence-corrected chi connectivity index (χ2v) is 5.70. The van der Waals surface area contributed by atoms with Crippen LogP contribution in [0.3, 0.4) is 0 Å². The van der Waals surface area contributed by atoms with E-state index in [2.05, 4.69) is 24.3 Å². The zero-order valence-electron chi connectivity index (χ0n) is 10.4. The summed E-state index contributed by atoms with van der Waals surface area (Å²) in [5, 5.41) is 0. The number of carbonyl (C=O) groups excluding carboxylic acids is 1. The standard InChI is InChI=1S/C15H18ClNO/c16-7-8-17(14-5-6-14)15(18)13-9-11-3-1-2-4-12(11)10-13/h1-4,13-14H,5-10H2. The van der Waals surface area contributed by atoms with Gasteiger partial charge in [-0.3, -0.25) is 4.79 Å². The van der Waals surface area contributed by atoms with E-state index < -0.39 is 0 Å². The summed E-state index contributed by atoms with van der Waals surface area (Å²) in [6, 6.07) is 8.88. The minimum Gasteiger partial charge on any atom is -0.338 e. The smallest absolute Gasteiger partial charge is 0.226 e. The molecule has 18 heavy (non-hydrogen) atoms. The van der Waals surface area contributed by atoms with E-state index in [1.807, 2.05) is 4.90 Å². The minimum absolute atomic E-state index is 0.145. The highest BCUT2D eigenvalue weighted by molar-refractivity contribution is 6.18. The molecule has 1 saturated carbocycles. The van der Waals surface area contributed by atoms with Gasteiger partial charge in [-0.05, 0) is 36.8 Å². The molecule has 0 saturated heterocycles. The van der Waals surface area contributed by atoms with Crippen LogP contribution in [-0.4, -0.2) is 29.3 Å². The van der Waals surface area contributed by atoms with Crippen molar-refractivity contribution in [1.29, 1.82) is 0 Å². The third-order valence-electron chi connectivity index (χ3n) is 4.00. The van der Waals surface area contributed by atoms with Crippen LogP contribution >= 0.6 is 11.6 Å². The highest BCUT2D eigenvalue weighted by Crippen LogP contribution is 2.32. The van der Waals surface area contributed by atoms with Crippen LogP contribution in [0, 0.1) is 5.92 Å². The Morgan fingerprint density at radius 1 is 1.22 bits per heavy atom. The molecule has 1 fully saturated rings. The molecule has 3 rings (SSSR count). The van der Waals surface area contributed by atoms with Crippen LogP contribution in [0.1, 0.15) is 24.0 Å². The van der Waals surface area contributed by atoms with Gasteiger partial charge < -0.3 is 4.90 Å². The number of fused-ring (bicyclic) bond motifs is 1. The van der Waals surface area contributed by atoms with E-state index in [1.165, 1.54) is 11.1 Å². The molecule has 3 heteroatoms. The van der Waals surface area contributed by atoms with E-state index in [4.69, 9.17) is 11.6 Å². The predicted octanol–water partition coefficient (Wildman–Crippen LogP) is 2.63. The number of alkyl halides is 1. The maximum absolute atomic E-state index is 12.6. The van der Waals surface area contributed by atoms with Crippen molar-refractivity contribution < 1.29 is 4.79 Å². The molecule has 0 aliphatic heterocycles. The Morgan fingerprint density at radius 3 is 2.33 bits per heavy atom. The highest BCUT2D eigenvalue weighted by atomic mass is 35.5. The maximum atomic E-state index is 12.6. The lowest BCUT2D eigenvalue weighted by Gasteiger charge is -2.24. The number of nitrogens with zero attached hydrogens (tertiary/aromatic N) is 1. The molecule has 96 valence electrons. The first kappa shape index (κ1) is 12.0. The van der Waals surface area contributed by atoms with Gasteiger partial charge in [-0.15, -0.1) is 11.6 Å². The predicted molar refractivity (Wildman–Crippen MR) is 72.8 cm³/mol. The lowest BCUT2D eigenvalue weighted by Crippen LogP contribution is -2.39. The fourth-order valence-corrected chi connectivity index (χ4v) is 3.10. The second-order valence-electron chi connectivity index (χ2n) is 5.33. The highest BCUT2D eigenvalue weighted by Gasteiger charge is 2.37. The quantitative estimate of drug-likeness (QED) is 0.765. The summed E-state index contributed by atoms with van der Waals surface area (Å²) < 4.78 is 0. The molecule has 0 radical (unpaired) electrons. The molecule has 2 aliphatic rings. The molecule has 0 bridgehead atoms. The SMILES string of the molecule is O=C(C1Cc2ccccc2C1)N(CCCl)C1CC1. The lowest BCUT2D eigenvalue weighted by molar-refractivity contribution is -0.135. The number of hydrogen-bond acceptors (Lipinski definition) is 1. The van der Waals surface area contributed by atoms with E-state index in [-0.39, 0.29) is 5.92 Å². The molecule has 0 atom stereocenters. The molecule has 1 aromatic rings. The Hall–Kier alpha value is -1.02. The van der Waals surface area contributed by atoms with Crippen LogP contribution in [-0.2, 0) is 17.6 Å². The van der Waals surface area contributed by atoms with Gasteiger partial charge in [-0.2, -0.15) is 0 Å². The Morgan fingerprint density at radius 2 is 1.83 bits per heavy atom. The summed E-state index contributed by atoms with van der Waals surface area (Å²) in [6.07, 6.45) is 4.12. The average molecular weight is 264 g/mol. The Bertz CT molecular complexity index is 431. The average Bonchev–Trinajstić information content (AvgIpc) is 3.13. The molecule has 0 aromatic heterocycles. The number of halogens is 1. The normalized spacial score (nSPS) is 18.7. The molecule has 0 N–H and O–H groups in total. The molecule has 1 amide bonds. The minimum atomic E-state index is 0.145. The Labute approximate surface area is 113 Å². The lowest BCUT2D eigenvalue weighted by atomic mass is 10.0. The van der Waals surface area contributed by atoms with E-state index in [0.29, 0.717) is 24.4 Å². The van der Waals surface area contributed by atoms with Gasteiger partial charge in [0.25, 0.3) is 0 Å². The molecule has 2 nitrogen and oxygen atoms in total. The van der Waals surface area contributed by atoms with Crippen molar-refractivity contribution >= 4 is 17.5 Å². The molecule has 0 heterocycles. The molecular formula is C15H18ClNO. The molecule has 1 aromatic carbocycles. The monoisotopic (exact) mass is 263 g/mol. The van der Waals surface area contributed by atoms with Crippen molar-refractivity contribution in [2.75, 3.05) is 12.4 Å². The first-order valence-corrected chi connectivity index (χ1v) is 7.26. The van der Waals surface area contributed by atoms with Crippen molar-refractivity contribution in [2.24, 2.45) is 5.92 Å². The first-order valence-electron chi connectivity index (χ1n) is 6.73. The summed E-state index contributed by atoms with van der Waals surface area (Å²) in [6.45, 7) is 0.706. The first-order chi connectivity index (χ1) is 8.79. The summed E-state index contributed by atoms with van der Waals surface area (Å²) in [7, 11) is 0. The van der Waals surface area contributed by atoms with E-state index in [9.17, 15) is 4.79 Å². The number of carbonyl (C=O) groups is 1. The Kier molecular flexibility index (Phi) is 3.29. The number of rotatable bonds is 4. The molecule has 2 aliphatic carbocycles. The topological polar surface area (TPSA) is 20.3 Å². The summed E-state index contributed by atoms with van der Waals surface area (Å²) in [5.74, 6) is 1.00. The van der Waals surface area contributed by atoms with Crippen LogP contribution in [0.15, 0.2) is 24.3 Å². The zero-order chi connectivity index (χ0) is 12.5. The summed E-state index contributed by atoms with van der Waals surface area (Å²) in [4.78, 5) is 14.6. The van der Waals surface area contributed by atoms with Gasteiger partial charge in [0.2, 0.25) is 5.91 Å². The van der Waals surface area contributed by atoms with Crippen molar-refractivity contribution in [1.82, 2.24) is 4.90 Å². The molecule has 0 spiro atoms. The van der Waals surface area contributed by atoms with Crippen molar-refractivity contribution in [3.05, 3.63) is 35.4 Å². The van der Waals surface area contributed by atoms with Gasteiger partial charge in [0.15, 0.2) is 0 Å². The molecular weight excluding hydrogens is 246 g/mol. The molecule has 0 unspecified atom stereocenters.